The maximum Gasteiger partial charge on any atom is 0.334 e. The molecule has 1 aliphatic heterocycles. The molecular weight excluding hydrogens is 204 g/mol. The highest BCUT2D eigenvalue weighted by Gasteiger charge is 2.15. The maximum absolute atomic E-state index is 11.4. The van der Waals surface area contributed by atoms with Crippen LogP contribution in [0.25, 0.3) is 6.08 Å². The molecule has 3 nitrogen and oxygen atoms in total. The second-order valence-corrected chi connectivity index (χ2v) is 3.68. The normalized spacial score (nSPS) is 18.3. The molecule has 0 bridgehead atoms. The van der Waals surface area contributed by atoms with Gasteiger partial charge in [0.15, 0.2) is 0 Å². The second-order valence-electron chi connectivity index (χ2n) is 3.68. The Hall–Kier alpha value is -1.77. The van der Waals surface area contributed by atoms with Gasteiger partial charge in [0.1, 0.15) is 5.75 Å². The van der Waals surface area contributed by atoms with Crippen molar-refractivity contribution in [1.29, 1.82) is 0 Å². The Labute approximate surface area is 94.7 Å². The summed E-state index contributed by atoms with van der Waals surface area (Å²) in [5, 5.41) is 0. The van der Waals surface area contributed by atoms with Gasteiger partial charge in [-0.05, 0) is 36.6 Å². The Kier molecular flexibility index (Phi) is 3.25. The molecule has 1 fully saturated rings. The lowest BCUT2D eigenvalue weighted by Gasteiger charge is -2.13. The van der Waals surface area contributed by atoms with Crippen molar-refractivity contribution in [2.75, 3.05) is 13.7 Å². The second kappa shape index (κ2) is 4.84. The molecule has 1 saturated heterocycles. The number of benzene rings is 1. The summed E-state index contributed by atoms with van der Waals surface area (Å²) in [6, 6.07) is 7.60. The molecule has 1 aromatic rings. The molecule has 3 heteroatoms. The average molecular weight is 218 g/mol. The summed E-state index contributed by atoms with van der Waals surface area (Å²) in [6.45, 7) is 0.540. The zero-order valence-electron chi connectivity index (χ0n) is 9.23. The molecule has 0 N–H and O–H groups in total. The number of ether oxygens (including phenoxy) is 2. The Bertz CT molecular complexity index is 404. The van der Waals surface area contributed by atoms with E-state index >= 15 is 0 Å². The highest BCUT2D eigenvalue weighted by Crippen LogP contribution is 2.19. The van der Waals surface area contributed by atoms with Crippen LogP contribution in [0.3, 0.4) is 0 Å². The van der Waals surface area contributed by atoms with Gasteiger partial charge < -0.3 is 9.47 Å². The molecule has 1 aromatic carbocycles. The first kappa shape index (κ1) is 10.7. The molecule has 0 aromatic heterocycles. The summed E-state index contributed by atoms with van der Waals surface area (Å²) < 4.78 is 10.0. The van der Waals surface area contributed by atoms with E-state index in [0.29, 0.717) is 6.61 Å². The van der Waals surface area contributed by atoms with E-state index < -0.39 is 0 Å². The van der Waals surface area contributed by atoms with Crippen LogP contribution >= 0.6 is 0 Å². The zero-order valence-corrected chi connectivity index (χ0v) is 9.23. The van der Waals surface area contributed by atoms with E-state index in [9.17, 15) is 4.79 Å². The van der Waals surface area contributed by atoms with Crippen LogP contribution in [-0.2, 0) is 9.53 Å². The van der Waals surface area contributed by atoms with Gasteiger partial charge in [-0.3, -0.25) is 0 Å². The van der Waals surface area contributed by atoms with Crippen molar-refractivity contribution in [3.8, 4) is 5.75 Å². The first-order chi connectivity index (χ1) is 7.79. The Morgan fingerprint density at radius 2 is 2.06 bits per heavy atom. The van der Waals surface area contributed by atoms with Gasteiger partial charge in [0.05, 0.1) is 13.7 Å². The largest absolute Gasteiger partial charge is 0.497 e. The van der Waals surface area contributed by atoms with Crippen LogP contribution in [0.5, 0.6) is 5.75 Å². The molecule has 84 valence electrons. The Balaban J connectivity index is 2.17. The lowest BCUT2D eigenvalue weighted by molar-refractivity contribution is -0.141. The van der Waals surface area contributed by atoms with Gasteiger partial charge in [-0.2, -0.15) is 0 Å². The average Bonchev–Trinajstić information content (AvgIpc) is 2.33. The molecule has 0 spiro atoms. The van der Waals surface area contributed by atoms with Gasteiger partial charge in [-0.15, -0.1) is 0 Å². The van der Waals surface area contributed by atoms with E-state index in [4.69, 9.17) is 9.47 Å². The van der Waals surface area contributed by atoms with E-state index in [0.717, 1.165) is 29.7 Å². The quantitative estimate of drug-likeness (QED) is 0.565. The smallest absolute Gasteiger partial charge is 0.334 e. The zero-order chi connectivity index (χ0) is 11.4. The highest BCUT2D eigenvalue weighted by molar-refractivity contribution is 5.94. The lowest BCUT2D eigenvalue weighted by Crippen LogP contribution is -2.15. The minimum atomic E-state index is -0.193. The predicted molar refractivity (Wildman–Crippen MR) is 61.2 cm³/mol. The number of hydrogen-bond acceptors (Lipinski definition) is 3. The molecule has 0 atom stereocenters. The van der Waals surface area contributed by atoms with Crippen LogP contribution in [0, 0.1) is 0 Å². The SMILES string of the molecule is COc1ccc(/C=C2\CCCOC2=O)cc1. The fourth-order valence-corrected chi connectivity index (χ4v) is 1.65. The van der Waals surface area contributed by atoms with Gasteiger partial charge in [0.2, 0.25) is 0 Å². The van der Waals surface area contributed by atoms with E-state index in [1.54, 1.807) is 7.11 Å². The number of cyclic esters (lactones) is 1. The van der Waals surface area contributed by atoms with Crippen molar-refractivity contribution in [3.05, 3.63) is 35.4 Å². The van der Waals surface area contributed by atoms with E-state index in [-0.39, 0.29) is 5.97 Å². The molecule has 0 radical (unpaired) electrons. The minimum Gasteiger partial charge on any atom is -0.497 e. The van der Waals surface area contributed by atoms with Crippen LogP contribution in [-0.4, -0.2) is 19.7 Å². The molecule has 2 rings (SSSR count). The molecule has 1 heterocycles. The first-order valence-electron chi connectivity index (χ1n) is 5.31. The minimum absolute atomic E-state index is 0.193. The Morgan fingerprint density at radius 1 is 1.31 bits per heavy atom. The molecule has 0 saturated carbocycles. The third kappa shape index (κ3) is 2.42. The number of carbonyl (C=O) groups excluding carboxylic acids is 1. The summed E-state index contributed by atoms with van der Waals surface area (Å²) in [5.74, 6) is 0.621. The summed E-state index contributed by atoms with van der Waals surface area (Å²) in [5.41, 5.74) is 1.74. The first-order valence-corrected chi connectivity index (χ1v) is 5.31. The molecular formula is C13H14O3. The van der Waals surface area contributed by atoms with Gasteiger partial charge in [-0.25, -0.2) is 4.79 Å². The van der Waals surface area contributed by atoms with Crippen LogP contribution in [0.1, 0.15) is 18.4 Å². The standard InChI is InChI=1S/C13H14O3/c1-15-12-6-4-10(5-7-12)9-11-3-2-8-16-13(11)14/h4-7,9H,2-3,8H2,1H3/b11-9+. The fourth-order valence-electron chi connectivity index (χ4n) is 1.65. The predicted octanol–water partition coefficient (Wildman–Crippen LogP) is 2.42. The van der Waals surface area contributed by atoms with Crippen LogP contribution < -0.4 is 4.74 Å². The van der Waals surface area contributed by atoms with Crippen LogP contribution in [0.4, 0.5) is 0 Å². The van der Waals surface area contributed by atoms with Gasteiger partial charge in [-0.1, -0.05) is 12.1 Å². The topological polar surface area (TPSA) is 35.5 Å². The number of methoxy groups -OCH3 is 1. The molecule has 1 aliphatic rings. The summed E-state index contributed by atoms with van der Waals surface area (Å²) in [6.07, 6.45) is 3.58. The highest BCUT2D eigenvalue weighted by atomic mass is 16.5. The summed E-state index contributed by atoms with van der Waals surface area (Å²) in [7, 11) is 1.63. The van der Waals surface area contributed by atoms with Gasteiger partial charge >= 0.3 is 5.97 Å². The van der Waals surface area contributed by atoms with E-state index in [1.807, 2.05) is 30.3 Å². The number of carbonyl (C=O) groups is 1. The Morgan fingerprint density at radius 3 is 2.69 bits per heavy atom. The lowest BCUT2D eigenvalue weighted by atomic mass is 10.0. The van der Waals surface area contributed by atoms with E-state index in [1.165, 1.54) is 0 Å². The number of rotatable bonds is 2. The number of hydrogen-bond donors (Lipinski definition) is 0. The molecule has 0 amide bonds. The fraction of sp³-hybridized carbons (Fsp3) is 0.308. The van der Waals surface area contributed by atoms with Crippen molar-refractivity contribution in [1.82, 2.24) is 0 Å². The summed E-state index contributed by atoms with van der Waals surface area (Å²) in [4.78, 5) is 11.4. The van der Waals surface area contributed by atoms with Gasteiger partial charge in [0.25, 0.3) is 0 Å². The third-order valence-electron chi connectivity index (χ3n) is 2.54. The molecule has 16 heavy (non-hydrogen) atoms. The summed E-state index contributed by atoms with van der Waals surface area (Å²) >= 11 is 0. The molecule has 0 unspecified atom stereocenters. The van der Waals surface area contributed by atoms with Crippen molar-refractivity contribution >= 4 is 12.0 Å². The van der Waals surface area contributed by atoms with Crippen molar-refractivity contribution in [3.63, 3.8) is 0 Å². The van der Waals surface area contributed by atoms with E-state index in [2.05, 4.69) is 0 Å². The molecule has 0 aliphatic carbocycles. The van der Waals surface area contributed by atoms with Crippen molar-refractivity contribution in [2.45, 2.75) is 12.8 Å². The van der Waals surface area contributed by atoms with Crippen LogP contribution in [0.2, 0.25) is 0 Å². The third-order valence-corrected chi connectivity index (χ3v) is 2.54. The monoisotopic (exact) mass is 218 g/mol. The van der Waals surface area contributed by atoms with Crippen LogP contribution in [0.15, 0.2) is 29.8 Å². The number of esters is 1. The van der Waals surface area contributed by atoms with Gasteiger partial charge in [0, 0.05) is 5.57 Å². The van der Waals surface area contributed by atoms with Crippen molar-refractivity contribution < 1.29 is 14.3 Å². The van der Waals surface area contributed by atoms with Crippen molar-refractivity contribution in [2.24, 2.45) is 0 Å². The maximum atomic E-state index is 11.4.